The zero-order chi connectivity index (χ0) is 11.1. The minimum atomic E-state index is -0.242. The van der Waals surface area contributed by atoms with Crippen LogP contribution in [-0.2, 0) is 4.74 Å². The molecule has 16 heavy (non-hydrogen) atoms. The fourth-order valence-electron chi connectivity index (χ4n) is 1.93. The predicted molar refractivity (Wildman–Crippen MR) is 65.1 cm³/mol. The van der Waals surface area contributed by atoms with Crippen molar-refractivity contribution in [2.24, 2.45) is 0 Å². The van der Waals surface area contributed by atoms with E-state index in [-0.39, 0.29) is 5.97 Å². The third kappa shape index (κ3) is 1.61. The van der Waals surface area contributed by atoms with Crippen LogP contribution >= 0.6 is 11.3 Å². The van der Waals surface area contributed by atoms with Gasteiger partial charge in [-0.2, -0.15) is 0 Å². The van der Waals surface area contributed by atoms with E-state index in [1.54, 1.807) is 0 Å². The molecule has 1 aromatic carbocycles. The smallest absolute Gasteiger partial charge is 0.348 e. The number of carbonyl (C=O) groups excluding carboxylic acids is 1. The van der Waals surface area contributed by atoms with Crippen LogP contribution in [0.2, 0.25) is 0 Å². The maximum Gasteiger partial charge on any atom is 0.348 e. The number of methoxy groups -OCH3 is 1. The molecule has 1 aliphatic rings. The highest BCUT2D eigenvalue weighted by Gasteiger charge is 2.23. The van der Waals surface area contributed by atoms with E-state index in [0.29, 0.717) is 4.88 Å². The number of thiophene rings is 1. The number of fused-ring (bicyclic) bond motifs is 1. The third-order valence-electron chi connectivity index (χ3n) is 2.98. The number of hydrogen-bond acceptors (Lipinski definition) is 3. The van der Waals surface area contributed by atoms with Gasteiger partial charge in [0.05, 0.1) is 7.11 Å². The van der Waals surface area contributed by atoms with Gasteiger partial charge in [0, 0.05) is 4.70 Å². The van der Waals surface area contributed by atoms with Gasteiger partial charge in [-0.15, -0.1) is 11.3 Å². The molecular formula is C13H12O2S. The van der Waals surface area contributed by atoms with Gasteiger partial charge < -0.3 is 4.74 Å². The molecule has 2 aromatic rings. The molecule has 3 rings (SSSR count). The van der Waals surface area contributed by atoms with Gasteiger partial charge in [0.25, 0.3) is 0 Å². The number of benzene rings is 1. The molecule has 0 atom stereocenters. The van der Waals surface area contributed by atoms with Crippen LogP contribution in [0.15, 0.2) is 24.3 Å². The van der Waals surface area contributed by atoms with Crippen molar-refractivity contribution in [3.05, 3.63) is 34.7 Å². The molecule has 2 nitrogen and oxygen atoms in total. The maximum absolute atomic E-state index is 11.4. The summed E-state index contributed by atoms with van der Waals surface area (Å²) in [6.45, 7) is 0. The molecule has 0 aliphatic heterocycles. The zero-order valence-corrected chi connectivity index (χ0v) is 9.84. The molecule has 3 heteroatoms. The zero-order valence-electron chi connectivity index (χ0n) is 9.03. The summed E-state index contributed by atoms with van der Waals surface area (Å²) >= 11 is 1.50. The summed E-state index contributed by atoms with van der Waals surface area (Å²) in [7, 11) is 1.42. The van der Waals surface area contributed by atoms with E-state index < -0.39 is 0 Å². The van der Waals surface area contributed by atoms with E-state index in [1.165, 1.54) is 36.9 Å². The average Bonchev–Trinajstić information content (AvgIpc) is 3.07. The van der Waals surface area contributed by atoms with Crippen LogP contribution in [0.25, 0.3) is 10.1 Å². The highest BCUT2D eigenvalue weighted by Crippen LogP contribution is 2.41. The lowest BCUT2D eigenvalue weighted by Gasteiger charge is -1.96. The van der Waals surface area contributed by atoms with Crippen LogP contribution in [0.4, 0.5) is 0 Å². The number of esters is 1. The highest BCUT2D eigenvalue weighted by atomic mass is 32.1. The van der Waals surface area contributed by atoms with Gasteiger partial charge in [-0.25, -0.2) is 4.79 Å². The SMILES string of the molecule is COC(=O)c1cc2cc(C3CC3)ccc2s1. The third-order valence-corrected chi connectivity index (χ3v) is 4.07. The van der Waals surface area contributed by atoms with Crippen molar-refractivity contribution in [2.75, 3.05) is 7.11 Å². The molecule has 0 unspecified atom stereocenters. The molecule has 1 heterocycles. The summed E-state index contributed by atoms with van der Waals surface area (Å²) in [6.07, 6.45) is 2.61. The molecular weight excluding hydrogens is 220 g/mol. The summed E-state index contributed by atoms with van der Waals surface area (Å²) in [5.74, 6) is 0.514. The molecule has 1 saturated carbocycles. The Balaban J connectivity index is 2.06. The van der Waals surface area contributed by atoms with E-state index in [9.17, 15) is 4.79 Å². The normalized spacial score (nSPS) is 15.3. The Hall–Kier alpha value is -1.35. The summed E-state index contributed by atoms with van der Waals surface area (Å²) in [5, 5.41) is 1.16. The van der Waals surface area contributed by atoms with Gasteiger partial charge in [-0.05, 0) is 41.8 Å². The summed E-state index contributed by atoms with van der Waals surface area (Å²) in [4.78, 5) is 12.1. The molecule has 0 bridgehead atoms. The first kappa shape index (κ1) is 9.85. The van der Waals surface area contributed by atoms with Crippen LogP contribution in [0.5, 0.6) is 0 Å². The van der Waals surface area contributed by atoms with Gasteiger partial charge in [-0.1, -0.05) is 12.1 Å². The van der Waals surface area contributed by atoms with E-state index in [0.717, 1.165) is 16.0 Å². The van der Waals surface area contributed by atoms with Crippen molar-refractivity contribution in [1.82, 2.24) is 0 Å². The van der Waals surface area contributed by atoms with Gasteiger partial charge >= 0.3 is 5.97 Å². The quantitative estimate of drug-likeness (QED) is 0.740. The first-order chi connectivity index (χ1) is 7.78. The molecule has 0 radical (unpaired) electrons. The fraction of sp³-hybridized carbons (Fsp3) is 0.308. The van der Waals surface area contributed by atoms with Crippen molar-refractivity contribution in [3.63, 3.8) is 0 Å². The maximum atomic E-state index is 11.4. The van der Waals surface area contributed by atoms with Gasteiger partial charge in [0.15, 0.2) is 0 Å². The topological polar surface area (TPSA) is 26.3 Å². The predicted octanol–water partition coefficient (Wildman–Crippen LogP) is 3.57. The summed E-state index contributed by atoms with van der Waals surface area (Å²) < 4.78 is 5.88. The second-order valence-electron chi connectivity index (χ2n) is 4.17. The molecule has 1 aliphatic carbocycles. The Morgan fingerprint density at radius 1 is 1.38 bits per heavy atom. The van der Waals surface area contributed by atoms with E-state index >= 15 is 0 Å². The van der Waals surface area contributed by atoms with Crippen molar-refractivity contribution >= 4 is 27.4 Å². The lowest BCUT2D eigenvalue weighted by Crippen LogP contribution is -1.96. The van der Waals surface area contributed by atoms with E-state index in [2.05, 4.69) is 18.2 Å². The monoisotopic (exact) mass is 232 g/mol. The number of hydrogen-bond donors (Lipinski definition) is 0. The molecule has 0 spiro atoms. The highest BCUT2D eigenvalue weighted by molar-refractivity contribution is 7.20. The number of carbonyl (C=O) groups is 1. The lowest BCUT2D eigenvalue weighted by molar-refractivity contribution is 0.0606. The van der Waals surface area contributed by atoms with Crippen molar-refractivity contribution in [3.8, 4) is 0 Å². The Bertz CT molecular complexity index is 552. The van der Waals surface area contributed by atoms with Gasteiger partial charge in [0.2, 0.25) is 0 Å². The Morgan fingerprint density at radius 2 is 2.19 bits per heavy atom. The number of ether oxygens (including phenoxy) is 1. The fourth-order valence-corrected chi connectivity index (χ4v) is 2.89. The van der Waals surface area contributed by atoms with Gasteiger partial charge in [0.1, 0.15) is 4.88 Å². The first-order valence-electron chi connectivity index (χ1n) is 5.40. The molecule has 82 valence electrons. The summed E-state index contributed by atoms with van der Waals surface area (Å²) in [6, 6.07) is 8.42. The van der Waals surface area contributed by atoms with Crippen LogP contribution in [0, 0.1) is 0 Å². The second kappa shape index (κ2) is 3.59. The van der Waals surface area contributed by atoms with Crippen LogP contribution in [-0.4, -0.2) is 13.1 Å². The Labute approximate surface area is 97.8 Å². The van der Waals surface area contributed by atoms with E-state index in [1.807, 2.05) is 6.07 Å². The molecule has 0 N–H and O–H groups in total. The van der Waals surface area contributed by atoms with Crippen molar-refractivity contribution in [2.45, 2.75) is 18.8 Å². The minimum absolute atomic E-state index is 0.242. The molecule has 1 aromatic heterocycles. The summed E-state index contributed by atoms with van der Waals surface area (Å²) in [5.41, 5.74) is 1.40. The lowest BCUT2D eigenvalue weighted by atomic mass is 10.1. The standard InChI is InChI=1S/C13H12O2S/c1-15-13(14)12-7-10-6-9(8-2-3-8)4-5-11(10)16-12/h4-8H,2-3H2,1H3. The second-order valence-corrected chi connectivity index (χ2v) is 5.26. The van der Waals surface area contributed by atoms with Gasteiger partial charge in [-0.3, -0.25) is 0 Å². The minimum Gasteiger partial charge on any atom is -0.465 e. The van der Waals surface area contributed by atoms with Crippen molar-refractivity contribution < 1.29 is 9.53 Å². The van der Waals surface area contributed by atoms with Crippen LogP contribution in [0.3, 0.4) is 0 Å². The van der Waals surface area contributed by atoms with Crippen LogP contribution in [0.1, 0.15) is 34.0 Å². The van der Waals surface area contributed by atoms with Crippen LogP contribution < -0.4 is 0 Å². The Kier molecular flexibility index (Phi) is 2.21. The van der Waals surface area contributed by atoms with Crippen molar-refractivity contribution in [1.29, 1.82) is 0 Å². The average molecular weight is 232 g/mol. The molecule has 1 fully saturated rings. The largest absolute Gasteiger partial charge is 0.465 e. The molecule has 0 amide bonds. The first-order valence-corrected chi connectivity index (χ1v) is 6.21. The Morgan fingerprint density at radius 3 is 2.88 bits per heavy atom. The van der Waals surface area contributed by atoms with E-state index in [4.69, 9.17) is 4.74 Å². The number of rotatable bonds is 2. The molecule has 0 saturated heterocycles.